The molecule has 199 valence electrons. The molecule has 0 amide bonds. The molecule has 0 aliphatic carbocycles. The summed E-state index contributed by atoms with van der Waals surface area (Å²) in [6.07, 6.45) is 2.61. The zero-order chi connectivity index (χ0) is 27.1. The van der Waals surface area contributed by atoms with Crippen LogP contribution in [0.15, 0.2) is 30.3 Å². The van der Waals surface area contributed by atoms with Gasteiger partial charge in [0, 0.05) is 12.8 Å². The van der Waals surface area contributed by atoms with Gasteiger partial charge in [0.2, 0.25) is 0 Å². The van der Waals surface area contributed by atoms with E-state index in [1.54, 1.807) is 0 Å². The first-order valence-electron chi connectivity index (χ1n) is 12.5. The minimum absolute atomic E-state index is 0. The van der Waals surface area contributed by atoms with Crippen molar-refractivity contribution in [3.8, 4) is 0 Å². The SMILES string of the molecule is CC1=Cc2cc3[n-]c(cc4nc(cc5[n-]c(cc1n2)c(C)c5CCC(=O)O)C(CCC(=O)O)=C4C)cc3C.[Fe+3]. The third-order valence-corrected chi connectivity index (χ3v) is 7.10. The maximum absolute atomic E-state index is 11.4. The zero-order valence-electron chi connectivity index (χ0n) is 22.1. The zero-order valence-corrected chi connectivity index (χ0v) is 23.3. The second kappa shape index (κ2) is 11.0. The van der Waals surface area contributed by atoms with Crippen LogP contribution in [0.2, 0.25) is 0 Å². The fourth-order valence-electron chi connectivity index (χ4n) is 4.96. The average Bonchev–Trinajstić information content (AvgIpc) is 3.53. The number of rotatable bonds is 6. The smallest absolute Gasteiger partial charge is 0.658 e. The van der Waals surface area contributed by atoms with Crippen molar-refractivity contribution in [2.45, 2.75) is 53.4 Å². The molecule has 0 aromatic carbocycles. The summed E-state index contributed by atoms with van der Waals surface area (Å²) in [5, 5.41) is 18.7. The molecule has 8 bridgehead atoms. The van der Waals surface area contributed by atoms with Gasteiger partial charge in [0.25, 0.3) is 0 Å². The van der Waals surface area contributed by atoms with E-state index in [9.17, 15) is 19.8 Å². The van der Waals surface area contributed by atoms with E-state index in [4.69, 9.17) is 19.9 Å². The van der Waals surface area contributed by atoms with Crippen molar-refractivity contribution < 1.29 is 36.9 Å². The Morgan fingerprint density at radius 3 is 2.18 bits per heavy atom. The van der Waals surface area contributed by atoms with E-state index in [1.807, 2.05) is 64.1 Å². The Balaban J connectivity index is 0.00000353. The Morgan fingerprint density at radius 2 is 1.46 bits per heavy atom. The van der Waals surface area contributed by atoms with Crippen molar-refractivity contribution >= 4 is 56.8 Å². The molecule has 2 aliphatic heterocycles. The standard InChI is InChI=1S/C30H30N4O4.Fe/c1-15-9-20-12-25-17(3)21(5-7-29(35)36)27(33-25)14-28-22(6-8-30(37)38)18(4)26(34-28)13-24-16(2)10-19(32-24)11-23(15)31-20;/h9-14H,5-8H2,1-4H3,(H4,31,32,33,34,35,36,37,38);/q;+3/p-2. The van der Waals surface area contributed by atoms with Crippen LogP contribution in [0, 0.1) is 13.8 Å². The van der Waals surface area contributed by atoms with Gasteiger partial charge < -0.3 is 20.2 Å². The molecule has 0 atom stereocenters. The number of hydrogen-bond donors (Lipinski definition) is 2. The van der Waals surface area contributed by atoms with Crippen LogP contribution in [-0.2, 0) is 33.1 Å². The van der Waals surface area contributed by atoms with Crippen molar-refractivity contribution in [3.05, 3.63) is 69.8 Å². The first-order valence-corrected chi connectivity index (χ1v) is 12.5. The van der Waals surface area contributed by atoms with Crippen LogP contribution in [0.25, 0.3) is 44.9 Å². The number of allylic oxidation sites excluding steroid dienone is 3. The minimum Gasteiger partial charge on any atom is -0.658 e. The number of aryl methyl sites for hydroxylation is 3. The van der Waals surface area contributed by atoms with Crippen LogP contribution in [0.5, 0.6) is 0 Å². The van der Waals surface area contributed by atoms with E-state index >= 15 is 0 Å². The Hall–Kier alpha value is -3.94. The summed E-state index contributed by atoms with van der Waals surface area (Å²) in [6, 6.07) is 9.66. The molecular formula is C30H28FeN4O4+. The van der Waals surface area contributed by atoms with Gasteiger partial charge in [-0.25, -0.2) is 9.97 Å². The number of carboxylic acid groups (broad SMARTS) is 2. The molecular weight excluding hydrogens is 536 g/mol. The molecule has 39 heavy (non-hydrogen) atoms. The van der Waals surface area contributed by atoms with Gasteiger partial charge in [0.15, 0.2) is 0 Å². The van der Waals surface area contributed by atoms with E-state index < -0.39 is 11.9 Å². The number of fused-ring (bicyclic) bond motifs is 8. The number of hydrogen-bond acceptors (Lipinski definition) is 4. The summed E-state index contributed by atoms with van der Waals surface area (Å²) in [4.78, 5) is 42.2. The molecule has 5 rings (SSSR count). The monoisotopic (exact) mass is 564 g/mol. The summed E-state index contributed by atoms with van der Waals surface area (Å²) in [6.45, 7) is 7.89. The van der Waals surface area contributed by atoms with Crippen molar-refractivity contribution in [2.75, 3.05) is 0 Å². The van der Waals surface area contributed by atoms with Crippen molar-refractivity contribution in [2.24, 2.45) is 0 Å². The van der Waals surface area contributed by atoms with Gasteiger partial charge in [-0.2, -0.15) is 0 Å². The van der Waals surface area contributed by atoms with E-state index in [2.05, 4.69) is 0 Å². The Morgan fingerprint density at radius 1 is 0.769 bits per heavy atom. The largest absolute Gasteiger partial charge is 3.00 e. The summed E-state index contributed by atoms with van der Waals surface area (Å²) in [5.41, 5.74) is 11.4. The van der Waals surface area contributed by atoms with Crippen molar-refractivity contribution in [1.82, 2.24) is 19.9 Å². The van der Waals surface area contributed by atoms with Crippen LogP contribution >= 0.6 is 0 Å². The molecule has 0 unspecified atom stereocenters. The van der Waals surface area contributed by atoms with Gasteiger partial charge in [0.1, 0.15) is 0 Å². The fraction of sp³-hybridized carbons (Fsp3) is 0.267. The van der Waals surface area contributed by atoms with Gasteiger partial charge in [-0.15, -0.1) is 22.1 Å². The van der Waals surface area contributed by atoms with E-state index in [0.717, 1.165) is 67.0 Å². The van der Waals surface area contributed by atoms with E-state index in [-0.39, 0.29) is 29.9 Å². The van der Waals surface area contributed by atoms with Crippen LogP contribution in [0.1, 0.15) is 72.6 Å². The number of carbonyl (C=O) groups is 2. The van der Waals surface area contributed by atoms with Gasteiger partial charge in [0.05, 0.1) is 22.8 Å². The van der Waals surface area contributed by atoms with Crippen LogP contribution in [-0.4, -0.2) is 32.1 Å². The predicted molar refractivity (Wildman–Crippen MR) is 147 cm³/mol. The molecule has 9 heteroatoms. The fourth-order valence-corrected chi connectivity index (χ4v) is 4.96. The normalized spacial score (nSPS) is 12.8. The number of carboxylic acids is 2. The molecule has 2 aliphatic rings. The third kappa shape index (κ3) is 5.75. The average molecular weight is 564 g/mol. The Kier molecular flexibility index (Phi) is 7.95. The van der Waals surface area contributed by atoms with Crippen LogP contribution in [0.4, 0.5) is 0 Å². The molecule has 2 N–H and O–H groups in total. The molecule has 3 aromatic rings. The predicted octanol–water partition coefficient (Wildman–Crippen LogP) is 5.56. The molecule has 3 aromatic heterocycles. The molecule has 0 saturated heterocycles. The molecule has 8 nitrogen and oxygen atoms in total. The van der Waals surface area contributed by atoms with E-state index in [1.165, 1.54) is 0 Å². The van der Waals surface area contributed by atoms with Crippen molar-refractivity contribution in [1.29, 1.82) is 0 Å². The number of nitrogens with zero attached hydrogens (tertiary/aromatic N) is 4. The maximum atomic E-state index is 11.4. The number of aromatic nitrogens is 4. The second-order valence-corrected chi connectivity index (χ2v) is 9.84. The topological polar surface area (TPSA) is 129 Å². The summed E-state index contributed by atoms with van der Waals surface area (Å²) >= 11 is 0. The second-order valence-electron chi connectivity index (χ2n) is 9.84. The van der Waals surface area contributed by atoms with Crippen LogP contribution < -0.4 is 9.97 Å². The van der Waals surface area contributed by atoms with Gasteiger partial charge in [-0.1, -0.05) is 47.0 Å². The molecule has 0 spiro atoms. The molecule has 0 saturated carbocycles. The van der Waals surface area contributed by atoms with Crippen LogP contribution in [0.3, 0.4) is 0 Å². The number of aliphatic carboxylic acids is 2. The molecule has 5 heterocycles. The Labute approximate surface area is 236 Å². The molecule has 1 radical (unpaired) electrons. The summed E-state index contributed by atoms with van der Waals surface area (Å²) < 4.78 is 0. The quantitative estimate of drug-likeness (QED) is 0.373. The van der Waals surface area contributed by atoms with Crippen molar-refractivity contribution in [3.63, 3.8) is 0 Å². The first kappa shape index (κ1) is 28.1. The molecule has 0 fully saturated rings. The summed E-state index contributed by atoms with van der Waals surface area (Å²) in [5.74, 6) is -1.76. The minimum atomic E-state index is -0.882. The third-order valence-electron chi connectivity index (χ3n) is 7.10. The van der Waals surface area contributed by atoms with Gasteiger partial charge in [-0.3, -0.25) is 9.59 Å². The van der Waals surface area contributed by atoms with Gasteiger partial charge >= 0.3 is 29.0 Å². The Bertz CT molecular complexity index is 1730. The van der Waals surface area contributed by atoms with E-state index in [0.29, 0.717) is 24.1 Å². The first-order chi connectivity index (χ1) is 18.1. The maximum Gasteiger partial charge on any atom is 3.00 e. The summed E-state index contributed by atoms with van der Waals surface area (Å²) in [7, 11) is 0. The van der Waals surface area contributed by atoms with Gasteiger partial charge in [-0.05, 0) is 63.3 Å².